The zero-order valence-corrected chi connectivity index (χ0v) is 9.65. The van der Waals surface area contributed by atoms with Gasteiger partial charge in [0.05, 0.1) is 0 Å². The van der Waals surface area contributed by atoms with E-state index in [9.17, 15) is 0 Å². The molecule has 0 atom stereocenters. The standard InChI is InChI=1S/C12H20N4/c13-7-3-8-14-12-15-9-6-11(16-12)10-4-1-2-5-10/h6,9-10H,1-5,7-8,13H2,(H,14,15,16). The Bertz CT molecular complexity index is 321. The van der Waals surface area contributed by atoms with Gasteiger partial charge in [-0.1, -0.05) is 12.8 Å². The van der Waals surface area contributed by atoms with Gasteiger partial charge in [-0.15, -0.1) is 0 Å². The van der Waals surface area contributed by atoms with E-state index < -0.39 is 0 Å². The molecule has 1 heterocycles. The molecule has 3 N–H and O–H groups in total. The van der Waals surface area contributed by atoms with Gasteiger partial charge in [0, 0.05) is 24.4 Å². The minimum absolute atomic E-state index is 0.651. The number of nitrogens with zero attached hydrogens (tertiary/aromatic N) is 2. The van der Waals surface area contributed by atoms with E-state index in [0.29, 0.717) is 12.5 Å². The molecule has 2 rings (SSSR count). The van der Waals surface area contributed by atoms with E-state index >= 15 is 0 Å². The summed E-state index contributed by atoms with van der Waals surface area (Å²) in [5.74, 6) is 1.40. The lowest BCUT2D eigenvalue weighted by molar-refractivity contribution is 0.694. The second kappa shape index (κ2) is 5.80. The third kappa shape index (κ3) is 2.92. The molecule has 0 amide bonds. The molecule has 0 aromatic carbocycles. The first-order chi connectivity index (χ1) is 7.90. The molecule has 1 aliphatic carbocycles. The topological polar surface area (TPSA) is 63.8 Å². The van der Waals surface area contributed by atoms with Crippen LogP contribution < -0.4 is 11.1 Å². The Kier molecular flexibility index (Phi) is 4.10. The molecule has 0 spiro atoms. The molecule has 1 aromatic rings. The van der Waals surface area contributed by atoms with E-state index in [-0.39, 0.29) is 0 Å². The Morgan fingerprint density at radius 1 is 1.38 bits per heavy atom. The van der Waals surface area contributed by atoms with Crippen molar-refractivity contribution in [2.75, 3.05) is 18.4 Å². The molecule has 88 valence electrons. The normalized spacial score (nSPS) is 16.6. The maximum absolute atomic E-state index is 5.44. The van der Waals surface area contributed by atoms with Crippen molar-refractivity contribution in [3.63, 3.8) is 0 Å². The van der Waals surface area contributed by atoms with Crippen LogP contribution in [0.4, 0.5) is 5.95 Å². The number of hydrogen-bond acceptors (Lipinski definition) is 4. The fourth-order valence-corrected chi connectivity index (χ4v) is 2.21. The fourth-order valence-electron chi connectivity index (χ4n) is 2.21. The number of nitrogens with one attached hydrogen (secondary N) is 1. The minimum atomic E-state index is 0.651. The second-order valence-corrected chi connectivity index (χ2v) is 4.36. The van der Waals surface area contributed by atoms with Gasteiger partial charge in [-0.25, -0.2) is 9.97 Å². The molecule has 1 saturated carbocycles. The molecule has 1 aliphatic rings. The number of anilines is 1. The van der Waals surface area contributed by atoms with Crippen LogP contribution in [0.15, 0.2) is 12.3 Å². The largest absolute Gasteiger partial charge is 0.354 e. The van der Waals surface area contributed by atoms with Gasteiger partial charge in [-0.05, 0) is 31.9 Å². The van der Waals surface area contributed by atoms with Gasteiger partial charge in [-0.2, -0.15) is 0 Å². The van der Waals surface area contributed by atoms with Crippen LogP contribution in [0.25, 0.3) is 0 Å². The van der Waals surface area contributed by atoms with Gasteiger partial charge in [0.15, 0.2) is 0 Å². The first kappa shape index (κ1) is 11.3. The lowest BCUT2D eigenvalue weighted by Crippen LogP contribution is -2.11. The molecule has 0 unspecified atom stereocenters. The third-order valence-corrected chi connectivity index (χ3v) is 3.11. The summed E-state index contributed by atoms with van der Waals surface area (Å²) >= 11 is 0. The highest BCUT2D eigenvalue weighted by atomic mass is 15.1. The van der Waals surface area contributed by atoms with Crippen molar-refractivity contribution in [1.82, 2.24) is 9.97 Å². The summed E-state index contributed by atoms with van der Waals surface area (Å²) < 4.78 is 0. The van der Waals surface area contributed by atoms with Gasteiger partial charge < -0.3 is 11.1 Å². The monoisotopic (exact) mass is 220 g/mol. The maximum Gasteiger partial charge on any atom is 0.222 e. The fraction of sp³-hybridized carbons (Fsp3) is 0.667. The van der Waals surface area contributed by atoms with Crippen molar-refractivity contribution in [2.45, 2.75) is 38.0 Å². The summed E-state index contributed by atoms with van der Waals surface area (Å²) in [5, 5.41) is 3.21. The van der Waals surface area contributed by atoms with E-state index in [0.717, 1.165) is 18.9 Å². The Hall–Kier alpha value is -1.16. The van der Waals surface area contributed by atoms with Gasteiger partial charge in [-0.3, -0.25) is 0 Å². The van der Waals surface area contributed by atoms with Crippen LogP contribution in [0, 0.1) is 0 Å². The van der Waals surface area contributed by atoms with Crippen molar-refractivity contribution in [1.29, 1.82) is 0 Å². The Morgan fingerprint density at radius 3 is 2.94 bits per heavy atom. The zero-order chi connectivity index (χ0) is 11.2. The van der Waals surface area contributed by atoms with Crippen molar-refractivity contribution >= 4 is 5.95 Å². The van der Waals surface area contributed by atoms with E-state index in [1.807, 2.05) is 12.3 Å². The molecule has 0 bridgehead atoms. The van der Waals surface area contributed by atoms with Crippen molar-refractivity contribution in [3.05, 3.63) is 18.0 Å². The maximum atomic E-state index is 5.44. The Labute approximate surface area is 96.7 Å². The number of hydrogen-bond donors (Lipinski definition) is 2. The van der Waals surface area contributed by atoms with Crippen LogP contribution in [-0.4, -0.2) is 23.1 Å². The SMILES string of the molecule is NCCCNc1nccc(C2CCCC2)n1. The third-order valence-electron chi connectivity index (χ3n) is 3.11. The molecule has 4 heteroatoms. The summed E-state index contributed by atoms with van der Waals surface area (Å²) in [6.07, 6.45) is 8.04. The summed E-state index contributed by atoms with van der Waals surface area (Å²) in [6.45, 7) is 1.56. The molecule has 1 fully saturated rings. The zero-order valence-electron chi connectivity index (χ0n) is 9.65. The lowest BCUT2D eigenvalue weighted by Gasteiger charge is -2.10. The average Bonchev–Trinajstić information content (AvgIpc) is 2.83. The van der Waals surface area contributed by atoms with E-state index in [2.05, 4.69) is 15.3 Å². The molecular formula is C12H20N4. The van der Waals surface area contributed by atoms with Gasteiger partial charge in [0.1, 0.15) is 0 Å². The molecule has 0 saturated heterocycles. The summed E-state index contributed by atoms with van der Waals surface area (Å²) in [4.78, 5) is 8.78. The van der Waals surface area contributed by atoms with Crippen molar-refractivity contribution in [3.8, 4) is 0 Å². The van der Waals surface area contributed by atoms with E-state index in [1.54, 1.807) is 0 Å². The highest BCUT2D eigenvalue weighted by molar-refractivity contribution is 5.26. The van der Waals surface area contributed by atoms with E-state index in [1.165, 1.54) is 31.4 Å². The van der Waals surface area contributed by atoms with Crippen LogP contribution in [0.2, 0.25) is 0 Å². The highest BCUT2D eigenvalue weighted by Gasteiger charge is 2.18. The van der Waals surface area contributed by atoms with Crippen LogP contribution in [-0.2, 0) is 0 Å². The minimum Gasteiger partial charge on any atom is -0.354 e. The number of rotatable bonds is 5. The average molecular weight is 220 g/mol. The summed E-state index contributed by atoms with van der Waals surface area (Å²) in [6, 6.07) is 2.05. The molecule has 1 aromatic heterocycles. The Morgan fingerprint density at radius 2 is 2.19 bits per heavy atom. The first-order valence-electron chi connectivity index (χ1n) is 6.17. The molecular weight excluding hydrogens is 200 g/mol. The van der Waals surface area contributed by atoms with Crippen molar-refractivity contribution in [2.24, 2.45) is 5.73 Å². The second-order valence-electron chi connectivity index (χ2n) is 4.36. The number of nitrogens with two attached hydrogens (primary N) is 1. The molecule has 0 aliphatic heterocycles. The number of aromatic nitrogens is 2. The van der Waals surface area contributed by atoms with Crippen molar-refractivity contribution < 1.29 is 0 Å². The summed E-state index contributed by atoms with van der Waals surface area (Å²) in [7, 11) is 0. The summed E-state index contributed by atoms with van der Waals surface area (Å²) in [5.41, 5.74) is 6.64. The first-order valence-corrected chi connectivity index (χ1v) is 6.17. The molecule has 16 heavy (non-hydrogen) atoms. The van der Waals surface area contributed by atoms with Crippen LogP contribution in [0.1, 0.15) is 43.7 Å². The predicted octanol–water partition coefficient (Wildman–Crippen LogP) is 1.89. The smallest absolute Gasteiger partial charge is 0.222 e. The van der Waals surface area contributed by atoms with Gasteiger partial charge in [0.2, 0.25) is 5.95 Å². The highest BCUT2D eigenvalue weighted by Crippen LogP contribution is 2.32. The van der Waals surface area contributed by atoms with Crippen LogP contribution >= 0.6 is 0 Å². The van der Waals surface area contributed by atoms with Crippen LogP contribution in [0.3, 0.4) is 0 Å². The lowest BCUT2D eigenvalue weighted by atomic mass is 10.0. The predicted molar refractivity (Wildman–Crippen MR) is 65.4 cm³/mol. The molecule has 4 nitrogen and oxygen atoms in total. The Balaban J connectivity index is 1.95. The van der Waals surface area contributed by atoms with Crippen LogP contribution in [0.5, 0.6) is 0 Å². The van der Waals surface area contributed by atoms with Gasteiger partial charge in [0.25, 0.3) is 0 Å². The van der Waals surface area contributed by atoms with Gasteiger partial charge >= 0.3 is 0 Å². The quantitative estimate of drug-likeness (QED) is 0.744. The van der Waals surface area contributed by atoms with E-state index in [4.69, 9.17) is 5.73 Å². The molecule has 0 radical (unpaired) electrons.